The molecule has 5 rings (SSSR count). The minimum absolute atomic E-state index is 0.0958. The van der Waals surface area contributed by atoms with E-state index in [0.717, 1.165) is 34.1 Å². The van der Waals surface area contributed by atoms with E-state index < -0.39 is 20.5 Å². The van der Waals surface area contributed by atoms with Crippen LogP contribution in [0.3, 0.4) is 0 Å². The number of nitrogens with zero attached hydrogens (tertiary/aromatic N) is 2. The average molecular weight is 546 g/mol. The molecule has 4 aromatic rings. The molecule has 1 amide bonds. The molecule has 0 saturated heterocycles. The number of benzene rings is 3. The fraction of sp³-hybridized carbons (Fsp3) is 0.200. The summed E-state index contributed by atoms with van der Waals surface area (Å²) >= 11 is 0. The average Bonchev–Trinajstić information content (AvgIpc) is 3.14. The molecule has 2 heterocycles. The molecule has 0 fully saturated rings. The Kier molecular flexibility index (Phi) is 7.10. The van der Waals surface area contributed by atoms with E-state index in [2.05, 4.69) is 4.98 Å². The van der Waals surface area contributed by atoms with Gasteiger partial charge in [-0.2, -0.15) is 0 Å². The number of aromatic nitrogens is 1. The number of nitrogens with two attached hydrogens (primary N) is 1. The Morgan fingerprint density at radius 2 is 1.67 bits per heavy atom. The first kappa shape index (κ1) is 26.4. The molecule has 1 aliphatic heterocycles. The predicted octanol–water partition coefficient (Wildman–Crippen LogP) is 5.14. The van der Waals surface area contributed by atoms with E-state index >= 15 is 4.39 Å². The van der Waals surface area contributed by atoms with Crippen molar-refractivity contribution in [1.29, 1.82) is 0 Å². The van der Waals surface area contributed by atoms with Crippen molar-refractivity contribution in [1.82, 2.24) is 9.88 Å². The lowest BCUT2D eigenvalue weighted by Crippen LogP contribution is -2.33. The fourth-order valence-electron chi connectivity index (χ4n) is 4.78. The van der Waals surface area contributed by atoms with E-state index in [1.807, 2.05) is 48.5 Å². The van der Waals surface area contributed by atoms with Gasteiger partial charge in [-0.15, -0.1) is 0 Å². The third-order valence-electron chi connectivity index (χ3n) is 6.86. The Morgan fingerprint density at radius 1 is 1.00 bits per heavy atom. The second-order valence-electron chi connectivity index (χ2n) is 9.48. The van der Waals surface area contributed by atoms with Gasteiger partial charge in [-0.3, -0.25) is 4.79 Å². The summed E-state index contributed by atoms with van der Waals surface area (Å²) in [6.07, 6.45) is 2.87. The SMILES string of the molecule is CCc1c(C(=O)N2CCOc3ccc(-c4ccc(-c5ccc(N)nc5)cc4)cc3C2)ccc(S(C)(=O)=O)c1F. The topological polar surface area (TPSA) is 103 Å². The van der Waals surface area contributed by atoms with Gasteiger partial charge in [-0.05, 0) is 59.5 Å². The van der Waals surface area contributed by atoms with Crippen LogP contribution in [0.4, 0.5) is 10.2 Å². The van der Waals surface area contributed by atoms with E-state index in [0.29, 0.717) is 18.1 Å². The zero-order valence-corrected chi connectivity index (χ0v) is 22.5. The number of ether oxygens (including phenoxy) is 1. The first-order valence-corrected chi connectivity index (χ1v) is 14.4. The third-order valence-corrected chi connectivity index (χ3v) is 7.97. The molecule has 1 aliphatic rings. The van der Waals surface area contributed by atoms with Crippen LogP contribution in [-0.4, -0.2) is 43.6 Å². The number of amides is 1. The maximum absolute atomic E-state index is 15.1. The van der Waals surface area contributed by atoms with Crippen LogP contribution in [0.15, 0.2) is 77.8 Å². The molecule has 2 N–H and O–H groups in total. The monoisotopic (exact) mass is 545 g/mol. The number of fused-ring (bicyclic) bond motifs is 1. The highest BCUT2D eigenvalue weighted by molar-refractivity contribution is 7.90. The van der Waals surface area contributed by atoms with Gasteiger partial charge >= 0.3 is 0 Å². The summed E-state index contributed by atoms with van der Waals surface area (Å²) in [6.45, 7) is 2.57. The highest BCUT2D eigenvalue weighted by Gasteiger charge is 2.27. The molecular weight excluding hydrogens is 517 g/mol. The number of hydrogen-bond donors (Lipinski definition) is 1. The smallest absolute Gasteiger partial charge is 0.254 e. The summed E-state index contributed by atoms with van der Waals surface area (Å²) in [4.78, 5) is 18.9. The van der Waals surface area contributed by atoms with Crippen molar-refractivity contribution in [2.75, 3.05) is 25.1 Å². The molecule has 1 aromatic heterocycles. The number of hydrogen-bond acceptors (Lipinski definition) is 6. The van der Waals surface area contributed by atoms with Crippen LogP contribution < -0.4 is 10.5 Å². The zero-order chi connectivity index (χ0) is 27.7. The summed E-state index contributed by atoms with van der Waals surface area (Å²) in [5.41, 5.74) is 10.7. The van der Waals surface area contributed by atoms with Gasteiger partial charge in [-0.1, -0.05) is 37.3 Å². The normalized spacial score (nSPS) is 13.4. The number of pyridine rings is 1. The van der Waals surface area contributed by atoms with E-state index in [4.69, 9.17) is 10.5 Å². The summed E-state index contributed by atoms with van der Waals surface area (Å²) in [7, 11) is -3.76. The number of sulfone groups is 1. The highest BCUT2D eigenvalue weighted by Crippen LogP contribution is 2.32. The van der Waals surface area contributed by atoms with Crippen LogP contribution in [0, 0.1) is 5.82 Å². The molecule has 200 valence electrons. The molecule has 0 aliphatic carbocycles. The van der Waals surface area contributed by atoms with Crippen molar-refractivity contribution in [3.05, 3.63) is 95.4 Å². The lowest BCUT2D eigenvalue weighted by Gasteiger charge is -2.22. The summed E-state index contributed by atoms with van der Waals surface area (Å²) in [5, 5.41) is 0. The van der Waals surface area contributed by atoms with Crippen LogP contribution in [0.5, 0.6) is 5.75 Å². The molecule has 0 bridgehead atoms. The van der Waals surface area contributed by atoms with Crippen LogP contribution in [-0.2, 0) is 22.8 Å². The predicted molar refractivity (Wildman–Crippen MR) is 149 cm³/mol. The van der Waals surface area contributed by atoms with Crippen LogP contribution in [0.25, 0.3) is 22.3 Å². The maximum Gasteiger partial charge on any atom is 0.254 e. The Bertz CT molecular complexity index is 1650. The Balaban J connectivity index is 1.42. The molecule has 0 unspecified atom stereocenters. The van der Waals surface area contributed by atoms with Crippen LogP contribution in [0.1, 0.15) is 28.4 Å². The Hall–Kier alpha value is -4.24. The lowest BCUT2D eigenvalue weighted by atomic mass is 9.99. The van der Waals surface area contributed by atoms with E-state index in [1.165, 1.54) is 12.1 Å². The summed E-state index contributed by atoms with van der Waals surface area (Å²) < 4.78 is 45.0. The first-order valence-electron chi connectivity index (χ1n) is 12.5. The number of anilines is 1. The minimum atomic E-state index is -3.76. The van der Waals surface area contributed by atoms with Crippen molar-refractivity contribution >= 4 is 21.6 Å². The summed E-state index contributed by atoms with van der Waals surface area (Å²) in [5.74, 6) is -0.0723. The van der Waals surface area contributed by atoms with E-state index in [1.54, 1.807) is 24.1 Å². The molecular formula is C30H28FN3O4S. The van der Waals surface area contributed by atoms with Gasteiger partial charge in [0.05, 0.1) is 6.54 Å². The van der Waals surface area contributed by atoms with Crippen LogP contribution in [0.2, 0.25) is 0 Å². The first-order chi connectivity index (χ1) is 18.7. The van der Waals surface area contributed by atoms with Crippen molar-refractivity contribution < 1.29 is 22.3 Å². The van der Waals surface area contributed by atoms with Gasteiger partial charge in [0.2, 0.25) is 0 Å². The van der Waals surface area contributed by atoms with Crippen molar-refractivity contribution in [2.24, 2.45) is 0 Å². The number of carbonyl (C=O) groups excluding carboxylic acids is 1. The quantitative estimate of drug-likeness (QED) is 0.373. The number of halogens is 1. The number of nitrogen functional groups attached to an aromatic ring is 1. The Labute approximate surface area is 227 Å². The van der Waals surface area contributed by atoms with Crippen molar-refractivity contribution in [2.45, 2.75) is 24.8 Å². The standard InChI is InChI=1S/C30H28FN3O4S/c1-3-24-25(10-12-27(29(24)31)39(2,36)37)30(35)34-14-15-38-26-11-8-21(16-23(26)18-34)19-4-6-20(7-5-19)22-9-13-28(32)33-17-22/h4-13,16-17H,3,14-15,18H2,1-2H3,(H2,32,33). The van der Waals surface area contributed by atoms with Gasteiger partial charge < -0.3 is 15.4 Å². The lowest BCUT2D eigenvalue weighted by molar-refractivity contribution is 0.0731. The molecule has 39 heavy (non-hydrogen) atoms. The molecule has 0 atom stereocenters. The zero-order valence-electron chi connectivity index (χ0n) is 21.6. The van der Waals surface area contributed by atoms with E-state index in [9.17, 15) is 13.2 Å². The molecule has 3 aromatic carbocycles. The Morgan fingerprint density at radius 3 is 2.31 bits per heavy atom. The van der Waals surface area contributed by atoms with Crippen LogP contribution >= 0.6 is 0 Å². The third kappa shape index (κ3) is 5.35. The molecule has 7 nitrogen and oxygen atoms in total. The second-order valence-corrected chi connectivity index (χ2v) is 11.5. The van der Waals surface area contributed by atoms with E-state index in [-0.39, 0.29) is 36.6 Å². The van der Waals surface area contributed by atoms with Crippen molar-refractivity contribution in [3.8, 4) is 28.0 Å². The molecule has 0 spiro atoms. The van der Waals surface area contributed by atoms with Gasteiger partial charge in [0.1, 0.15) is 28.9 Å². The molecule has 0 radical (unpaired) electrons. The van der Waals surface area contributed by atoms with Gasteiger partial charge in [0.25, 0.3) is 5.91 Å². The van der Waals surface area contributed by atoms with Gasteiger partial charge in [0, 0.05) is 41.3 Å². The fourth-order valence-corrected chi connectivity index (χ4v) is 5.54. The van der Waals surface area contributed by atoms with Crippen molar-refractivity contribution in [3.63, 3.8) is 0 Å². The minimum Gasteiger partial charge on any atom is -0.491 e. The number of rotatable bonds is 5. The highest BCUT2D eigenvalue weighted by atomic mass is 32.2. The summed E-state index contributed by atoms with van der Waals surface area (Å²) in [6, 6.07) is 20.2. The number of carbonyl (C=O) groups is 1. The second kappa shape index (κ2) is 10.5. The maximum atomic E-state index is 15.1. The molecule has 0 saturated carbocycles. The molecule has 9 heteroatoms. The van der Waals surface area contributed by atoms with Gasteiger partial charge in [-0.25, -0.2) is 17.8 Å². The largest absolute Gasteiger partial charge is 0.491 e. The van der Waals surface area contributed by atoms with Gasteiger partial charge in [0.15, 0.2) is 9.84 Å².